The zero-order valence-corrected chi connectivity index (χ0v) is 15.6. The van der Waals surface area contributed by atoms with Crippen LogP contribution in [-0.2, 0) is 14.6 Å². The maximum atomic E-state index is 12.1. The topological polar surface area (TPSA) is 76.1 Å². The molecule has 0 spiro atoms. The first kappa shape index (κ1) is 17.4. The molecule has 2 aromatic rings. The first-order valence-corrected chi connectivity index (χ1v) is 11.2. The first-order valence-electron chi connectivity index (χ1n) is 7.50. The van der Waals surface area contributed by atoms with Gasteiger partial charge in [0.2, 0.25) is 5.91 Å². The van der Waals surface area contributed by atoms with Crippen molar-refractivity contribution in [3.05, 3.63) is 35.7 Å². The van der Waals surface area contributed by atoms with Crippen LogP contribution in [0.2, 0.25) is 0 Å². The molecular formula is C16H18N2O3S3. The average Bonchev–Trinajstić information content (AvgIpc) is 3.10. The van der Waals surface area contributed by atoms with Gasteiger partial charge in [-0.15, -0.1) is 11.3 Å². The summed E-state index contributed by atoms with van der Waals surface area (Å²) in [7, 11) is -3.03. The zero-order chi connectivity index (χ0) is 17.2. The summed E-state index contributed by atoms with van der Waals surface area (Å²) in [6.45, 7) is 1.79. The van der Waals surface area contributed by atoms with Crippen molar-refractivity contribution >= 4 is 38.8 Å². The predicted molar refractivity (Wildman–Crippen MR) is 98.1 cm³/mol. The number of benzene rings is 1. The molecule has 0 unspecified atom stereocenters. The summed E-state index contributed by atoms with van der Waals surface area (Å²) in [5.41, 5.74) is 1.31. The molecule has 1 amide bonds. The van der Waals surface area contributed by atoms with Crippen molar-refractivity contribution in [2.24, 2.45) is 0 Å². The lowest BCUT2D eigenvalue weighted by Crippen LogP contribution is -2.47. The van der Waals surface area contributed by atoms with Gasteiger partial charge in [-0.1, -0.05) is 42.1 Å². The van der Waals surface area contributed by atoms with Crippen molar-refractivity contribution in [1.82, 2.24) is 10.3 Å². The summed E-state index contributed by atoms with van der Waals surface area (Å²) in [4.78, 5) is 16.6. The Morgan fingerprint density at radius 3 is 2.79 bits per heavy atom. The fraction of sp³-hybridized carbons (Fsp3) is 0.375. The summed E-state index contributed by atoms with van der Waals surface area (Å²) in [5.74, 6) is 0.239. The Labute approximate surface area is 149 Å². The third kappa shape index (κ3) is 4.37. The largest absolute Gasteiger partial charge is 0.349 e. The highest BCUT2D eigenvalue weighted by Crippen LogP contribution is 2.28. The molecule has 1 fully saturated rings. The molecule has 24 heavy (non-hydrogen) atoms. The van der Waals surface area contributed by atoms with Gasteiger partial charge < -0.3 is 5.32 Å². The van der Waals surface area contributed by atoms with Crippen LogP contribution in [0.25, 0.3) is 11.3 Å². The molecule has 2 heterocycles. The number of thioether (sulfide) groups is 1. The lowest BCUT2D eigenvalue weighted by atomic mass is 10.0. The fourth-order valence-corrected chi connectivity index (χ4v) is 6.40. The van der Waals surface area contributed by atoms with Gasteiger partial charge in [0.25, 0.3) is 0 Å². The van der Waals surface area contributed by atoms with Crippen LogP contribution in [0.1, 0.15) is 13.3 Å². The molecule has 5 nitrogen and oxygen atoms in total. The molecule has 1 aliphatic heterocycles. The van der Waals surface area contributed by atoms with Crippen LogP contribution in [0, 0.1) is 0 Å². The number of nitrogens with zero attached hydrogens (tertiary/aromatic N) is 1. The van der Waals surface area contributed by atoms with Gasteiger partial charge >= 0.3 is 0 Å². The first-order chi connectivity index (χ1) is 11.4. The normalized spacial score (nSPS) is 22.4. The molecule has 0 aliphatic carbocycles. The van der Waals surface area contributed by atoms with Gasteiger partial charge in [-0.2, -0.15) is 0 Å². The van der Waals surface area contributed by atoms with E-state index in [1.54, 1.807) is 6.92 Å². The Kier molecular flexibility index (Phi) is 4.98. The molecule has 1 N–H and O–H groups in total. The second kappa shape index (κ2) is 6.85. The van der Waals surface area contributed by atoms with E-state index in [0.29, 0.717) is 6.42 Å². The van der Waals surface area contributed by atoms with Crippen LogP contribution in [0.5, 0.6) is 0 Å². The van der Waals surface area contributed by atoms with Crippen LogP contribution in [-0.4, -0.2) is 42.1 Å². The fourth-order valence-electron chi connectivity index (χ4n) is 2.67. The molecule has 3 rings (SSSR count). The van der Waals surface area contributed by atoms with Gasteiger partial charge in [-0.05, 0) is 13.3 Å². The minimum atomic E-state index is -3.03. The number of nitrogens with one attached hydrogen (secondary N) is 1. The molecule has 1 aromatic heterocycles. The average molecular weight is 383 g/mol. The van der Waals surface area contributed by atoms with Gasteiger partial charge in [0, 0.05) is 10.9 Å². The van der Waals surface area contributed by atoms with Crippen molar-refractivity contribution in [1.29, 1.82) is 0 Å². The maximum Gasteiger partial charge on any atom is 0.230 e. The van der Waals surface area contributed by atoms with Gasteiger partial charge in [0.1, 0.15) is 0 Å². The van der Waals surface area contributed by atoms with Crippen molar-refractivity contribution < 1.29 is 13.2 Å². The lowest BCUT2D eigenvalue weighted by Gasteiger charge is -2.23. The van der Waals surface area contributed by atoms with Crippen LogP contribution in [0.3, 0.4) is 0 Å². The SMILES string of the molecule is C[C@]1(NC(=O)CSc2nc(-c3ccccc3)cs2)CCS(=O)(=O)C1. The second-order valence-electron chi connectivity index (χ2n) is 6.10. The summed E-state index contributed by atoms with van der Waals surface area (Å²) in [5, 5.41) is 4.83. The molecule has 1 aliphatic rings. The third-order valence-corrected chi connectivity index (χ3v) is 7.75. The van der Waals surface area contributed by atoms with E-state index in [1.165, 1.54) is 23.1 Å². The summed E-state index contributed by atoms with van der Waals surface area (Å²) in [6, 6.07) is 9.88. The minimum absolute atomic E-state index is 0.0197. The van der Waals surface area contributed by atoms with E-state index in [9.17, 15) is 13.2 Å². The van der Waals surface area contributed by atoms with Crippen molar-refractivity contribution in [3.63, 3.8) is 0 Å². The molecule has 1 atom stereocenters. The van der Waals surface area contributed by atoms with E-state index in [1.807, 2.05) is 35.7 Å². The van der Waals surface area contributed by atoms with Gasteiger partial charge in [-0.25, -0.2) is 13.4 Å². The zero-order valence-electron chi connectivity index (χ0n) is 13.2. The molecule has 0 radical (unpaired) electrons. The quantitative estimate of drug-likeness (QED) is 0.805. The number of rotatable bonds is 5. The minimum Gasteiger partial charge on any atom is -0.349 e. The molecule has 8 heteroatoms. The highest BCUT2D eigenvalue weighted by molar-refractivity contribution is 8.01. The Bertz CT molecular complexity index is 833. The monoisotopic (exact) mass is 382 g/mol. The van der Waals surface area contributed by atoms with Crippen molar-refractivity contribution in [3.8, 4) is 11.3 Å². The van der Waals surface area contributed by atoms with Gasteiger partial charge in [0.05, 0.1) is 28.5 Å². The van der Waals surface area contributed by atoms with Crippen LogP contribution >= 0.6 is 23.1 Å². The molecule has 128 valence electrons. The summed E-state index contributed by atoms with van der Waals surface area (Å²) >= 11 is 2.88. The summed E-state index contributed by atoms with van der Waals surface area (Å²) < 4.78 is 24.0. The van der Waals surface area contributed by atoms with E-state index >= 15 is 0 Å². The number of aromatic nitrogens is 1. The lowest BCUT2D eigenvalue weighted by molar-refractivity contribution is -0.120. The molecular weight excluding hydrogens is 364 g/mol. The van der Waals surface area contributed by atoms with E-state index in [0.717, 1.165) is 15.6 Å². The van der Waals surface area contributed by atoms with Crippen LogP contribution in [0.4, 0.5) is 0 Å². The molecule has 1 saturated heterocycles. The Balaban J connectivity index is 1.55. The number of carbonyl (C=O) groups is 1. The second-order valence-corrected chi connectivity index (χ2v) is 10.4. The van der Waals surface area contributed by atoms with Crippen LogP contribution < -0.4 is 5.32 Å². The molecule has 0 saturated carbocycles. The smallest absolute Gasteiger partial charge is 0.230 e. The maximum absolute atomic E-state index is 12.1. The van der Waals surface area contributed by atoms with E-state index in [-0.39, 0.29) is 23.2 Å². The highest BCUT2D eigenvalue weighted by Gasteiger charge is 2.39. The van der Waals surface area contributed by atoms with Crippen molar-refractivity contribution in [2.75, 3.05) is 17.3 Å². The van der Waals surface area contributed by atoms with E-state index in [4.69, 9.17) is 0 Å². The Morgan fingerprint density at radius 2 is 2.12 bits per heavy atom. The number of sulfone groups is 1. The number of hydrogen-bond donors (Lipinski definition) is 1. The summed E-state index contributed by atoms with van der Waals surface area (Å²) in [6.07, 6.45) is 0.473. The number of hydrogen-bond acceptors (Lipinski definition) is 6. The van der Waals surface area contributed by atoms with Crippen LogP contribution in [0.15, 0.2) is 40.1 Å². The number of thiazole rings is 1. The molecule has 1 aromatic carbocycles. The third-order valence-electron chi connectivity index (χ3n) is 3.82. The number of amides is 1. The van der Waals surface area contributed by atoms with E-state index < -0.39 is 15.4 Å². The highest BCUT2D eigenvalue weighted by atomic mass is 32.2. The van der Waals surface area contributed by atoms with Crippen molar-refractivity contribution in [2.45, 2.75) is 23.2 Å². The predicted octanol–water partition coefficient (Wildman–Crippen LogP) is 2.60. The van der Waals surface area contributed by atoms with Gasteiger partial charge in [0.15, 0.2) is 14.2 Å². The number of carbonyl (C=O) groups excluding carboxylic acids is 1. The Hall–Kier alpha value is -1.38. The molecule has 0 bridgehead atoms. The van der Waals surface area contributed by atoms with E-state index in [2.05, 4.69) is 10.3 Å². The standard InChI is InChI=1S/C16H18N2O3S3/c1-16(7-8-24(20,21)11-16)18-14(19)10-23-15-17-13(9-22-15)12-5-3-2-4-6-12/h2-6,9H,7-8,10-11H2,1H3,(H,18,19)/t16-/m0/s1. The Morgan fingerprint density at radius 1 is 1.38 bits per heavy atom. The van der Waals surface area contributed by atoms with Gasteiger partial charge in [-0.3, -0.25) is 4.79 Å².